The maximum absolute atomic E-state index is 12.2. The predicted octanol–water partition coefficient (Wildman–Crippen LogP) is 4.09. The molecule has 0 aliphatic carbocycles. The first kappa shape index (κ1) is 19.0. The first-order valence-electron chi connectivity index (χ1n) is 8.85. The van der Waals surface area contributed by atoms with E-state index in [-0.39, 0.29) is 5.91 Å². The van der Waals surface area contributed by atoms with Crippen LogP contribution in [0.5, 0.6) is 5.75 Å². The van der Waals surface area contributed by atoms with Gasteiger partial charge in [0, 0.05) is 17.8 Å². The summed E-state index contributed by atoms with van der Waals surface area (Å²) in [6.45, 7) is 3.64. The van der Waals surface area contributed by atoms with E-state index in [1.165, 1.54) is 0 Å². The minimum Gasteiger partial charge on any atom is -0.494 e. The predicted molar refractivity (Wildman–Crippen MR) is 106 cm³/mol. The van der Waals surface area contributed by atoms with Crippen molar-refractivity contribution in [1.29, 1.82) is 0 Å². The highest BCUT2D eigenvalue weighted by Gasteiger charge is 2.09. The standard InChI is InChI=1S/C21H22ClN3O2/c1-16-6-4-8-19(12-16)27-11-5-10-23-21(26)18-13-24-25(15-18)14-17-7-2-3-9-20(17)22/h2-4,6-9,12-13,15H,5,10-11,14H2,1H3,(H,23,26). The fraction of sp³-hybridized carbons (Fsp3) is 0.238. The van der Waals surface area contributed by atoms with Gasteiger partial charge in [0.2, 0.25) is 0 Å². The minimum absolute atomic E-state index is 0.143. The number of carbonyl (C=O) groups is 1. The third kappa shape index (κ3) is 5.59. The van der Waals surface area contributed by atoms with Crippen LogP contribution in [-0.4, -0.2) is 28.8 Å². The molecule has 0 unspecified atom stereocenters. The zero-order valence-corrected chi connectivity index (χ0v) is 15.9. The van der Waals surface area contributed by atoms with Gasteiger partial charge in [0.25, 0.3) is 5.91 Å². The molecular formula is C21H22ClN3O2. The average Bonchev–Trinajstić information content (AvgIpc) is 3.12. The molecule has 1 N–H and O–H groups in total. The summed E-state index contributed by atoms with van der Waals surface area (Å²) < 4.78 is 7.38. The normalized spacial score (nSPS) is 10.6. The Kier molecular flexibility index (Phi) is 6.49. The molecule has 3 rings (SSSR count). The van der Waals surface area contributed by atoms with Crippen molar-refractivity contribution < 1.29 is 9.53 Å². The summed E-state index contributed by atoms with van der Waals surface area (Å²) in [5.74, 6) is 0.707. The molecule has 0 atom stereocenters. The smallest absolute Gasteiger partial charge is 0.254 e. The Labute approximate surface area is 163 Å². The van der Waals surface area contributed by atoms with E-state index in [0.29, 0.717) is 30.3 Å². The van der Waals surface area contributed by atoms with E-state index in [0.717, 1.165) is 23.3 Å². The maximum Gasteiger partial charge on any atom is 0.254 e. The van der Waals surface area contributed by atoms with Crippen molar-refractivity contribution in [2.24, 2.45) is 0 Å². The molecule has 5 nitrogen and oxygen atoms in total. The van der Waals surface area contributed by atoms with Gasteiger partial charge in [-0.15, -0.1) is 0 Å². The van der Waals surface area contributed by atoms with Crippen LogP contribution in [0.3, 0.4) is 0 Å². The van der Waals surface area contributed by atoms with Crippen LogP contribution in [0.1, 0.15) is 27.9 Å². The van der Waals surface area contributed by atoms with Gasteiger partial charge in [0.05, 0.1) is 24.9 Å². The molecule has 27 heavy (non-hydrogen) atoms. The molecule has 0 bridgehead atoms. The highest BCUT2D eigenvalue weighted by atomic mass is 35.5. The van der Waals surface area contributed by atoms with Crippen molar-refractivity contribution in [2.75, 3.05) is 13.2 Å². The number of nitrogens with one attached hydrogen (secondary N) is 1. The van der Waals surface area contributed by atoms with Gasteiger partial charge >= 0.3 is 0 Å². The number of amides is 1. The van der Waals surface area contributed by atoms with Crippen molar-refractivity contribution in [2.45, 2.75) is 19.9 Å². The SMILES string of the molecule is Cc1cccc(OCCCNC(=O)c2cnn(Cc3ccccc3Cl)c2)c1. The first-order chi connectivity index (χ1) is 13.1. The van der Waals surface area contributed by atoms with Crippen LogP contribution < -0.4 is 10.1 Å². The van der Waals surface area contributed by atoms with Crippen molar-refractivity contribution in [3.63, 3.8) is 0 Å². The number of rotatable bonds is 8. The lowest BCUT2D eigenvalue weighted by Gasteiger charge is -2.07. The summed E-state index contributed by atoms with van der Waals surface area (Å²) in [7, 11) is 0. The number of halogens is 1. The van der Waals surface area contributed by atoms with Gasteiger partial charge in [-0.3, -0.25) is 9.48 Å². The van der Waals surface area contributed by atoms with E-state index in [4.69, 9.17) is 16.3 Å². The van der Waals surface area contributed by atoms with Crippen LogP contribution in [-0.2, 0) is 6.54 Å². The van der Waals surface area contributed by atoms with Gasteiger partial charge in [-0.05, 0) is 42.7 Å². The second-order valence-corrected chi connectivity index (χ2v) is 6.70. The summed E-state index contributed by atoms with van der Waals surface area (Å²) in [5, 5.41) is 7.81. The van der Waals surface area contributed by atoms with E-state index in [1.54, 1.807) is 17.1 Å². The Bertz CT molecular complexity index is 908. The first-order valence-corrected chi connectivity index (χ1v) is 9.23. The van der Waals surface area contributed by atoms with E-state index < -0.39 is 0 Å². The number of hydrogen-bond acceptors (Lipinski definition) is 3. The minimum atomic E-state index is -0.143. The molecule has 1 aromatic heterocycles. The molecule has 0 saturated carbocycles. The fourth-order valence-corrected chi connectivity index (χ4v) is 2.84. The number of aromatic nitrogens is 2. The molecule has 0 spiro atoms. The monoisotopic (exact) mass is 383 g/mol. The number of nitrogens with zero attached hydrogens (tertiary/aromatic N) is 2. The topological polar surface area (TPSA) is 56.1 Å². The molecule has 0 aliphatic rings. The van der Waals surface area contributed by atoms with Gasteiger partial charge in [0.15, 0.2) is 0 Å². The summed E-state index contributed by atoms with van der Waals surface area (Å²) in [6, 6.07) is 15.5. The third-order valence-corrected chi connectivity index (χ3v) is 4.42. The molecule has 1 heterocycles. The van der Waals surface area contributed by atoms with Crippen molar-refractivity contribution >= 4 is 17.5 Å². The third-order valence-electron chi connectivity index (χ3n) is 4.05. The van der Waals surface area contributed by atoms with Gasteiger partial charge in [-0.25, -0.2) is 0 Å². The van der Waals surface area contributed by atoms with Crippen LogP contribution in [0.15, 0.2) is 60.9 Å². The van der Waals surface area contributed by atoms with Crippen molar-refractivity contribution in [3.05, 3.63) is 82.6 Å². The molecular weight excluding hydrogens is 362 g/mol. The number of ether oxygens (including phenoxy) is 1. The number of aryl methyl sites for hydroxylation is 1. The summed E-state index contributed by atoms with van der Waals surface area (Å²) >= 11 is 6.16. The fourth-order valence-electron chi connectivity index (χ4n) is 2.64. The van der Waals surface area contributed by atoms with E-state index >= 15 is 0 Å². The summed E-state index contributed by atoms with van der Waals surface area (Å²) in [6.07, 6.45) is 4.02. The number of hydrogen-bond donors (Lipinski definition) is 1. The summed E-state index contributed by atoms with van der Waals surface area (Å²) in [5.41, 5.74) is 2.65. The number of carbonyl (C=O) groups excluding carboxylic acids is 1. The molecule has 0 aliphatic heterocycles. The van der Waals surface area contributed by atoms with E-state index in [9.17, 15) is 4.79 Å². The summed E-state index contributed by atoms with van der Waals surface area (Å²) in [4.78, 5) is 12.2. The van der Waals surface area contributed by atoms with Gasteiger partial charge in [-0.2, -0.15) is 5.10 Å². The molecule has 0 saturated heterocycles. The molecule has 6 heteroatoms. The molecule has 0 fully saturated rings. The van der Waals surface area contributed by atoms with Gasteiger partial charge in [0.1, 0.15) is 5.75 Å². The second-order valence-electron chi connectivity index (χ2n) is 6.29. The highest BCUT2D eigenvalue weighted by molar-refractivity contribution is 6.31. The van der Waals surface area contributed by atoms with Gasteiger partial charge < -0.3 is 10.1 Å². The lowest BCUT2D eigenvalue weighted by atomic mass is 10.2. The molecule has 140 valence electrons. The van der Waals surface area contributed by atoms with Crippen LogP contribution in [0.4, 0.5) is 0 Å². The molecule has 3 aromatic rings. The highest BCUT2D eigenvalue weighted by Crippen LogP contribution is 2.16. The lowest BCUT2D eigenvalue weighted by Crippen LogP contribution is -2.25. The Morgan fingerprint density at radius 3 is 2.89 bits per heavy atom. The molecule has 0 radical (unpaired) electrons. The van der Waals surface area contributed by atoms with Crippen molar-refractivity contribution in [3.8, 4) is 5.75 Å². The van der Waals surface area contributed by atoms with E-state index in [2.05, 4.69) is 10.4 Å². The van der Waals surface area contributed by atoms with Crippen LogP contribution in [0.2, 0.25) is 5.02 Å². The zero-order chi connectivity index (χ0) is 19.1. The van der Waals surface area contributed by atoms with Crippen LogP contribution in [0, 0.1) is 6.92 Å². The average molecular weight is 384 g/mol. The second kappa shape index (κ2) is 9.24. The Morgan fingerprint density at radius 1 is 1.22 bits per heavy atom. The van der Waals surface area contributed by atoms with Crippen LogP contribution in [0.25, 0.3) is 0 Å². The zero-order valence-electron chi connectivity index (χ0n) is 15.2. The van der Waals surface area contributed by atoms with Crippen LogP contribution >= 0.6 is 11.6 Å². The Hall–Kier alpha value is -2.79. The van der Waals surface area contributed by atoms with Crippen molar-refractivity contribution in [1.82, 2.24) is 15.1 Å². The van der Waals surface area contributed by atoms with E-state index in [1.807, 2.05) is 55.5 Å². The maximum atomic E-state index is 12.2. The lowest BCUT2D eigenvalue weighted by molar-refractivity contribution is 0.0951. The Morgan fingerprint density at radius 2 is 2.07 bits per heavy atom. The van der Waals surface area contributed by atoms with Gasteiger partial charge in [-0.1, -0.05) is 41.9 Å². The molecule has 1 amide bonds. The largest absolute Gasteiger partial charge is 0.494 e. The quantitative estimate of drug-likeness (QED) is 0.596. The molecule has 2 aromatic carbocycles. The number of benzene rings is 2. The Balaban J connectivity index is 1.42.